The highest BCUT2D eigenvalue weighted by Gasteiger charge is 2.30. The molecule has 0 bridgehead atoms. The Kier molecular flexibility index (Phi) is 9.75. The van der Waals surface area contributed by atoms with Crippen LogP contribution in [0.3, 0.4) is 0 Å². The van der Waals surface area contributed by atoms with Gasteiger partial charge < -0.3 is 15.0 Å². The van der Waals surface area contributed by atoms with Gasteiger partial charge in [-0.25, -0.2) is 4.39 Å². The summed E-state index contributed by atoms with van der Waals surface area (Å²) < 4.78 is 13.8. The lowest BCUT2D eigenvalue weighted by atomic mass is 9.88. The molecular weight excluding hydrogens is 460 g/mol. The number of halogens is 3. The van der Waals surface area contributed by atoms with E-state index in [0.29, 0.717) is 21.7 Å². The number of carbonyl (C=O) groups excluding carboxylic acids is 1. The summed E-state index contributed by atoms with van der Waals surface area (Å²) in [5.74, 6) is 0.387. The van der Waals surface area contributed by atoms with Gasteiger partial charge in [-0.15, -0.1) is 0 Å². The highest BCUT2D eigenvalue weighted by Crippen LogP contribution is 2.31. The third-order valence-corrected chi connectivity index (χ3v) is 7.16. The number of likely N-dealkylation sites (tertiary alicyclic amines) is 2. The number of carbonyl (C=O) groups is 1. The fraction of sp³-hybridized carbons (Fsp3) is 0.423. The maximum atomic E-state index is 13.8. The smallest absolute Gasteiger partial charge is 0.139 e. The molecule has 4 rings (SSSR count). The van der Waals surface area contributed by atoms with E-state index in [1.807, 2.05) is 12.1 Å². The topological polar surface area (TPSA) is 35.6 Å². The molecule has 0 spiro atoms. The van der Waals surface area contributed by atoms with Gasteiger partial charge in [0.05, 0.1) is 16.6 Å². The summed E-state index contributed by atoms with van der Waals surface area (Å²) >= 11 is 11.6. The van der Waals surface area contributed by atoms with E-state index in [-0.39, 0.29) is 12.4 Å². The lowest BCUT2D eigenvalue weighted by Gasteiger charge is -2.36. The van der Waals surface area contributed by atoms with Gasteiger partial charge in [-0.05, 0) is 81.2 Å². The van der Waals surface area contributed by atoms with Crippen molar-refractivity contribution in [2.75, 3.05) is 39.8 Å². The summed E-state index contributed by atoms with van der Waals surface area (Å²) in [5, 5.41) is 3.80. The molecule has 1 atom stereocenters. The number of nitrogens with one attached hydrogen (secondary N) is 1. The molecule has 7 heteroatoms. The normalized spacial score (nSPS) is 19.6. The lowest BCUT2D eigenvalue weighted by molar-refractivity contribution is -0.107. The predicted molar refractivity (Wildman–Crippen MR) is 135 cm³/mol. The third-order valence-electron chi connectivity index (χ3n) is 6.42. The molecule has 2 aliphatic rings. The molecule has 2 fully saturated rings. The zero-order valence-corrected chi connectivity index (χ0v) is 20.6. The maximum Gasteiger partial charge on any atom is 0.139 e. The Morgan fingerprint density at radius 2 is 1.85 bits per heavy atom. The molecule has 0 aliphatic carbocycles. The molecule has 0 aromatic heterocycles. The van der Waals surface area contributed by atoms with Crippen LogP contribution in [0.15, 0.2) is 49.0 Å². The first-order valence-electron chi connectivity index (χ1n) is 11.4. The SMILES string of the molecule is C=C(NCC=O)c1ccc(Cl)c(Cl)c1.CN1CCC(N2CCC(c3ccccc3F)CC2)C1. The van der Waals surface area contributed by atoms with Crippen molar-refractivity contribution in [1.82, 2.24) is 15.1 Å². The number of aldehydes is 1. The summed E-state index contributed by atoms with van der Waals surface area (Å²) in [5.41, 5.74) is 2.39. The minimum Gasteiger partial charge on any atom is -0.378 e. The molecule has 2 aromatic carbocycles. The van der Waals surface area contributed by atoms with Gasteiger partial charge in [-0.1, -0.05) is 54.0 Å². The fourth-order valence-electron chi connectivity index (χ4n) is 4.54. The van der Waals surface area contributed by atoms with Crippen molar-refractivity contribution in [2.45, 2.75) is 31.2 Å². The van der Waals surface area contributed by atoms with Crippen molar-refractivity contribution in [3.05, 3.63) is 76.0 Å². The summed E-state index contributed by atoms with van der Waals surface area (Å²) in [4.78, 5) is 15.1. The van der Waals surface area contributed by atoms with Crippen LogP contribution in [-0.4, -0.2) is 61.9 Å². The average Bonchev–Trinajstić information content (AvgIpc) is 3.26. The molecule has 0 saturated carbocycles. The maximum absolute atomic E-state index is 13.8. The van der Waals surface area contributed by atoms with Crippen molar-refractivity contribution in [3.63, 3.8) is 0 Å². The molecule has 0 radical (unpaired) electrons. The van der Waals surface area contributed by atoms with Crippen LogP contribution in [0.5, 0.6) is 0 Å². The largest absolute Gasteiger partial charge is 0.378 e. The molecular formula is C26H32Cl2FN3O. The second kappa shape index (κ2) is 12.5. The Bertz CT molecular complexity index is 947. The van der Waals surface area contributed by atoms with Gasteiger partial charge in [-0.3, -0.25) is 4.90 Å². The first-order chi connectivity index (χ1) is 15.9. The van der Waals surface area contributed by atoms with Gasteiger partial charge >= 0.3 is 0 Å². The Morgan fingerprint density at radius 3 is 2.45 bits per heavy atom. The summed E-state index contributed by atoms with van der Waals surface area (Å²) in [6, 6.07) is 13.2. The van der Waals surface area contributed by atoms with Gasteiger partial charge in [0.25, 0.3) is 0 Å². The van der Waals surface area contributed by atoms with Crippen LogP contribution in [0.2, 0.25) is 10.0 Å². The van der Waals surface area contributed by atoms with Gasteiger partial charge in [0, 0.05) is 18.3 Å². The van der Waals surface area contributed by atoms with Gasteiger partial charge in [0.1, 0.15) is 12.1 Å². The van der Waals surface area contributed by atoms with E-state index in [4.69, 9.17) is 23.2 Å². The van der Waals surface area contributed by atoms with Crippen molar-refractivity contribution in [2.24, 2.45) is 0 Å². The Hall–Kier alpha value is -1.92. The van der Waals surface area contributed by atoms with E-state index in [2.05, 4.69) is 28.7 Å². The van der Waals surface area contributed by atoms with Gasteiger partial charge in [0.2, 0.25) is 0 Å². The summed E-state index contributed by atoms with van der Waals surface area (Å²) in [7, 11) is 2.20. The van der Waals surface area contributed by atoms with Crippen LogP contribution in [0.1, 0.15) is 36.3 Å². The van der Waals surface area contributed by atoms with Crippen LogP contribution in [0.4, 0.5) is 4.39 Å². The van der Waals surface area contributed by atoms with Crippen molar-refractivity contribution >= 4 is 35.2 Å². The third kappa shape index (κ3) is 7.28. The number of likely N-dealkylation sites (N-methyl/N-ethyl adjacent to an activating group) is 1. The molecule has 0 amide bonds. The summed E-state index contributed by atoms with van der Waals surface area (Å²) in [6.45, 7) is 8.66. The minimum atomic E-state index is -0.0263. The average molecular weight is 492 g/mol. The van der Waals surface area contributed by atoms with Crippen LogP contribution >= 0.6 is 23.2 Å². The molecule has 2 saturated heterocycles. The molecule has 33 heavy (non-hydrogen) atoms. The fourth-order valence-corrected chi connectivity index (χ4v) is 4.84. The van der Waals surface area contributed by atoms with Gasteiger partial charge in [-0.2, -0.15) is 0 Å². The highest BCUT2D eigenvalue weighted by molar-refractivity contribution is 6.42. The monoisotopic (exact) mass is 491 g/mol. The lowest BCUT2D eigenvalue weighted by Crippen LogP contribution is -2.42. The molecule has 2 aliphatic heterocycles. The Balaban J connectivity index is 0.000000196. The molecule has 1 unspecified atom stereocenters. The van der Waals surface area contributed by atoms with Gasteiger partial charge in [0.15, 0.2) is 0 Å². The molecule has 2 heterocycles. The summed E-state index contributed by atoms with van der Waals surface area (Å²) in [6.07, 6.45) is 4.26. The van der Waals surface area contributed by atoms with Crippen molar-refractivity contribution in [3.8, 4) is 0 Å². The molecule has 1 N–H and O–H groups in total. The van der Waals surface area contributed by atoms with Crippen LogP contribution in [0, 0.1) is 5.82 Å². The Labute approximate surface area is 206 Å². The Morgan fingerprint density at radius 1 is 1.12 bits per heavy atom. The van der Waals surface area contributed by atoms with E-state index in [0.717, 1.165) is 49.4 Å². The number of benzene rings is 2. The minimum absolute atomic E-state index is 0.0263. The molecule has 2 aromatic rings. The molecule has 4 nitrogen and oxygen atoms in total. The number of rotatable bonds is 6. The first kappa shape index (κ1) is 25.7. The molecule has 178 valence electrons. The van der Waals surface area contributed by atoms with Crippen molar-refractivity contribution < 1.29 is 9.18 Å². The van der Waals surface area contributed by atoms with Crippen LogP contribution in [-0.2, 0) is 4.79 Å². The van der Waals surface area contributed by atoms with E-state index < -0.39 is 0 Å². The van der Waals surface area contributed by atoms with E-state index in [1.165, 1.54) is 19.5 Å². The van der Waals surface area contributed by atoms with E-state index in [9.17, 15) is 9.18 Å². The highest BCUT2D eigenvalue weighted by atomic mass is 35.5. The second-order valence-electron chi connectivity index (χ2n) is 8.69. The first-order valence-corrected chi connectivity index (χ1v) is 12.1. The second-order valence-corrected chi connectivity index (χ2v) is 9.51. The van der Waals surface area contributed by atoms with E-state index >= 15 is 0 Å². The van der Waals surface area contributed by atoms with Crippen LogP contribution in [0.25, 0.3) is 5.70 Å². The standard InChI is InChI=1S/C16H23FN2.C10H9Cl2NO/c1-18-9-8-14(12-18)19-10-6-13(7-11-19)15-4-2-3-5-16(15)17;1-7(13-4-5-14)8-2-3-9(11)10(12)6-8/h2-5,13-14H,6-12H2,1H3;2-3,5-6,13H,1,4H2. The number of nitrogens with zero attached hydrogens (tertiary/aromatic N) is 2. The number of piperidine rings is 1. The number of hydrogen-bond acceptors (Lipinski definition) is 4. The zero-order chi connectivity index (χ0) is 23.8. The zero-order valence-electron chi connectivity index (χ0n) is 19.1. The number of hydrogen-bond donors (Lipinski definition) is 1. The predicted octanol–water partition coefficient (Wildman–Crippen LogP) is 5.46. The van der Waals surface area contributed by atoms with Crippen LogP contribution < -0.4 is 5.32 Å². The van der Waals surface area contributed by atoms with E-state index in [1.54, 1.807) is 30.3 Å². The quantitative estimate of drug-likeness (QED) is 0.544. The van der Waals surface area contributed by atoms with Crippen molar-refractivity contribution in [1.29, 1.82) is 0 Å².